The van der Waals surface area contributed by atoms with E-state index in [1.807, 2.05) is 0 Å². The van der Waals surface area contributed by atoms with Crippen molar-refractivity contribution in [2.45, 2.75) is 12.6 Å². The molecule has 0 aliphatic carbocycles. The van der Waals surface area contributed by atoms with Gasteiger partial charge in [0, 0.05) is 13.0 Å². The molecule has 1 aliphatic heterocycles. The Bertz CT molecular complexity index is 264. The molecule has 0 aromatic rings. The van der Waals surface area contributed by atoms with Gasteiger partial charge < -0.3 is 10.6 Å². The molecule has 2 amide bonds. The van der Waals surface area contributed by atoms with Crippen LogP contribution in [0.4, 0.5) is 13.2 Å². The van der Waals surface area contributed by atoms with Crippen LogP contribution in [0.15, 0.2) is 0 Å². The number of primary amides is 1. The number of alkyl halides is 3. The van der Waals surface area contributed by atoms with E-state index in [0.29, 0.717) is 4.90 Å². The predicted octanol–water partition coefficient (Wildman–Crippen LogP) is -0.118. The standard InChI is InChI=1S/C7H9F3N2O2/c8-7(9,10)3-12-2-4(6(11)14)1-5(12)13/h4H,1-3H2,(H2,11,14). The zero-order chi connectivity index (χ0) is 10.9. The Kier molecular flexibility index (Phi) is 2.68. The third kappa shape index (κ3) is 2.61. The molecule has 14 heavy (non-hydrogen) atoms. The molecule has 80 valence electrons. The van der Waals surface area contributed by atoms with Crippen molar-refractivity contribution in [1.82, 2.24) is 4.90 Å². The van der Waals surface area contributed by atoms with Crippen molar-refractivity contribution in [2.75, 3.05) is 13.1 Å². The molecule has 1 unspecified atom stereocenters. The van der Waals surface area contributed by atoms with Crippen molar-refractivity contribution in [3.8, 4) is 0 Å². The van der Waals surface area contributed by atoms with Gasteiger partial charge in [0.2, 0.25) is 11.8 Å². The number of hydrogen-bond donors (Lipinski definition) is 1. The summed E-state index contributed by atoms with van der Waals surface area (Å²) in [4.78, 5) is 22.2. The van der Waals surface area contributed by atoms with Gasteiger partial charge in [-0.1, -0.05) is 0 Å². The number of amides is 2. The Morgan fingerprint density at radius 1 is 1.57 bits per heavy atom. The first-order valence-electron chi connectivity index (χ1n) is 3.93. The highest BCUT2D eigenvalue weighted by molar-refractivity contribution is 5.88. The number of halogens is 3. The molecule has 0 aromatic carbocycles. The monoisotopic (exact) mass is 210 g/mol. The van der Waals surface area contributed by atoms with Gasteiger partial charge in [-0.05, 0) is 0 Å². The minimum atomic E-state index is -4.43. The number of nitrogens with zero attached hydrogens (tertiary/aromatic N) is 1. The summed E-state index contributed by atoms with van der Waals surface area (Å²) in [5.41, 5.74) is 4.89. The highest BCUT2D eigenvalue weighted by Crippen LogP contribution is 2.23. The molecule has 0 spiro atoms. The summed E-state index contributed by atoms with van der Waals surface area (Å²) in [6, 6.07) is 0. The molecule has 0 aromatic heterocycles. The number of carbonyl (C=O) groups excluding carboxylic acids is 2. The van der Waals surface area contributed by atoms with Gasteiger partial charge >= 0.3 is 6.18 Å². The molecule has 0 saturated carbocycles. The quantitative estimate of drug-likeness (QED) is 0.690. The Balaban J connectivity index is 2.58. The zero-order valence-corrected chi connectivity index (χ0v) is 7.17. The van der Waals surface area contributed by atoms with Crippen LogP contribution in [-0.2, 0) is 9.59 Å². The molecule has 1 heterocycles. The Labute approximate surface area is 77.8 Å². The van der Waals surface area contributed by atoms with Crippen LogP contribution < -0.4 is 5.73 Å². The van der Waals surface area contributed by atoms with Gasteiger partial charge in [0.05, 0.1) is 5.92 Å². The number of nitrogens with two attached hydrogens (primary N) is 1. The van der Waals surface area contributed by atoms with Crippen LogP contribution in [0.3, 0.4) is 0 Å². The molecule has 2 N–H and O–H groups in total. The van der Waals surface area contributed by atoms with E-state index in [0.717, 1.165) is 0 Å². The van der Waals surface area contributed by atoms with E-state index in [-0.39, 0.29) is 13.0 Å². The zero-order valence-electron chi connectivity index (χ0n) is 7.17. The normalized spacial score (nSPS) is 22.9. The second-order valence-electron chi connectivity index (χ2n) is 3.19. The molecular formula is C7H9F3N2O2. The largest absolute Gasteiger partial charge is 0.406 e. The second-order valence-corrected chi connectivity index (χ2v) is 3.19. The molecule has 7 heteroatoms. The van der Waals surface area contributed by atoms with Gasteiger partial charge in [-0.15, -0.1) is 0 Å². The third-order valence-electron chi connectivity index (χ3n) is 1.99. The first-order chi connectivity index (χ1) is 6.29. The van der Waals surface area contributed by atoms with Crippen molar-refractivity contribution < 1.29 is 22.8 Å². The van der Waals surface area contributed by atoms with Crippen LogP contribution in [0, 0.1) is 5.92 Å². The first kappa shape index (κ1) is 10.8. The van der Waals surface area contributed by atoms with Crippen molar-refractivity contribution in [3.63, 3.8) is 0 Å². The third-order valence-corrected chi connectivity index (χ3v) is 1.99. The van der Waals surface area contributed by atoms with E-state index in [1.165, 1.54) is 0 Å². The van der Waals surface area contributed by atoms with Gasteiger partial charge in [-0.3, -0.25) is 9.59 Å². The number of carbonyl (C=O) groups is 2. The molecule has 1 rings (SSSR count). The van der Waals surface area contributed by atoms with Gasteiger partial charge in [0.15, 0.2) is 0 Å². The van der Waals surface area contributed by atoms with Gasteiger partial charge in [-0.2, -0.15) is 13.2 Å². The summed E-state index contributed by atoms with van der Waals surface area (Å²) in [6.45, 7) is -1.54. The van der Waals surface area contributed by atoms with Crippen LogP contribution in [0.25, 0.3) is 0 Å². The van der Waals surface area contributed by atoms with Gasteiger partial charge in [-0.25, -0.2) is 0 Å². The van der Waals surface area contributed by atoms with Crippen LogP contribution in [-0.4, -0.2) is 36.0 Å². The highest BCUT2D eigenvalue weighted by Gasteiger charge is 2.39. The smallest absolute Gasteiger partial charge is 0.369 e. The fraction of sp³-hybridized carbons (Fsp3) is 0.714. The maximum absolute atomic E-state index is 11.9. The highest BCUT2D eigenvalue weighted by atomic mass is 19.4. The summed E-state index contributed by atoms with van der Waals surface area (Å²) < 4.78 is 35.7. The topological polar surface area (TPSA) is 63.4 Å². The fourth-order valence-corrected chi connectivity index (χ4v) is 1.33. The summed E-state index contributed by atoms with van der Waals surface area (Å²) in [7, 11) is 0. The van der Waals surface area contributed by atoms with Crippen LogP contribution >= 0.6 is 0 Å². The minimum Gasteiger partial charge on any atom is -0.369 e. The average molecular weight is 210 g/mol. The predicted molar refractivity (Wildman–Crippen MR) is 39.9 cm³/mol. The summed E-state index contributed by atoms with van der Waals surface area (Å²) in [6.07, 6.45) is -4.65. The molecule has 4 nitrogen and oxygen atoms in total. The van der Waals surface area contributed by atoms with E-state index in [4.69, 9.17) is 5.73 Å². The summed E-state index contributed by atoms with van der Waals surface area (Å²) >= 11 is 0. The lowest BCUT2D eigenvalue weighted by Gasteiger charge is -2.17. The fourth-order valence-electron chi connectivity index (χ4n) is 1.33. The van der Waals surface area contributed by atoms with Crippen molar-refractivity contribution in [2.24, 2.45) is 11.7 Å². The van der Waals surface area contributed by atoms with Crippen LogP contribution in [0.1, 0.15) is 6.42 Å². The SMILES string of the molecule is NC(=O)C1CC(=O)N(CC(F)(F)F)C1. The van der Waals surface area contributed by atoms with Gasteiger partial charge in [0.1, 0.15) is 6.54 Å². The van der Waals surface area contributed by atoms with E-state index in [1.54, 1.807) is 0 Å². The molecular weight excluding hydrogens is 201 g/mol. The lowest BCUT2D eigenvalue weighted by Crippen LogP contribution is -2.36. The van der Waals surface area contributed by atoms with E-state index < -0.39 is 30.5 Å². The van der Waals surface area contributed by atoms with Crippen LogP contribution in [0.2, 0.25) is 0 Å². The summed E-state index contributed by atoms with van der Waals surface area (Å²) in [5, 5.41) is 0. The lowest BCUT2D eigenvalue weighted by atomic mass is 10.1. The number of likely N-dealkylation sites (tertiary alicyclic amines) is 1. The molecule has 1 fully saturated rings. The van der Waals surface area contributed by atoms with E-state index in [2.05, 4.69) is 0 Å². The molecule has 1 aliphatic rings. The maximum Gasteiger partial charge on any atom is 0.406 e. The molecule has 0 radical (unpaired) electrons. The molecule has 1 saturated heterocycles. The van der Waals surface area contributed by atoms with Crippen molar-refractivity contribution >= 4 is 11.8 Å². The Morgan fingerprint density at radius 3 is 2.50 bits per heavy atom. The average Bonchev–Trinajstić information content (AvgIpc) is 2.29. The van der Waals surface area contributed by atoms with Crippen LogP contribution in [0.5, 0.6) is 0 Å². The maximum atomic E-state index is 11.9. The van der Waals surface area contributed by atoms with E-state index in [9.17, 15) is 22.8 Å². The van der Waals surface area contributed by atoms with E-state index >= 15 is 0 Å². The number of rotatable bonds is 2. The molecule has 0 bridgehead atoms. The van der Waals surface area contributed by atoms with Gasteiger partial charge in [0.25, 0.3) is 0 Å². The second kappa shape index (κ2) is 3.47. The summed E-state index contributed by atoms with van der Waals surface area (Å²) in [5.74, 6) is -2.20. The van der Waals surface area contributed by atoms with Crippen molar-refractivity contribution in [3.05, 3.63) is 0 Å². The van der Waals surface area contributed by atoms with Crippen molar-refractivity contribution in [1.29, 1.82) is 0 Å². The Morgan fingerprint density at radius 2 is 2.14 bits per heavy atom. The lowest BCUT2D eigenvalue weighted by molar-refractivity contribution is -0.157. The minimum absolute atomic E-state index is 0.217. The number of hydrogen-bond acceptors (Lipinski definition) is 2. The Hall–Kier alpha value is -1.27. The molecule has 1 atom stereocenters. The first-order valence-corrected chi connectivity index (χ1v) is 3.93.